The molecule has 0 bridgehead atoms. The fourth-order valence-electron chi connectivity index (χ4n) is 1.83. The van der Waals surface area contributed by atoms with Crippen LogP contribution in [0.5, 0.6) is 0 Å². The summed E-state index contributed by atoms with van der Waals surface area (Å²) in [5.41, 5.74) is 0.927. The van der Waals surface area contributed by atoms with Crippen LogP contribution in [0.3, 0.4) is 0 Å². The Labute approximate surface area is 96.3 Å². The van der Waals surface area contributed by atoms with Crippen LogP contribution in [0.1, 0.15) is 6.23 Å². The number of carbonyl (C=O) groups excluding carboxylic acids is 1. The van der Waals surface area contributed by atoms with Gasteiger partial charge in [-0.05, 0) is 23.6 Å². The van der Waals surface area contributed by atoms with Crippen LogP contribution < -0.4 is 0 Å². The van der Waals surface area contributed by atoms with Crippen molar-refractivity contribution in [2.75, 3.05) is 6.61 Å². The smallest absolute Gasteiger partial charge is 0.428 e. The van der Waals surface area contributed by atoms with E-state index in [-0.39, 0.29) is 6.61 Å². The third-order valence-electron chi connectivity index (χ3n) is 2.57. The van der Waals surface area contributed by atoms with Gasteiger partial charge in [0.25, 0.3) is 0 Å². The zero-order valence-electron chi connectivity index (χ0n) is 8.22. The minimum Gasteiger partial charge on any atom is -0.428 e. The average Bonchev–Trinajstić information content (AvgIpc) is 2.83. The summed E-state index contributed by atoms with van der Waals surface area (Å²) in [6, 6.07) is 7.53. The van der Waals surface area contributed by atoms with Gasteiger partial charge in [0.05, 0.1) is 5.52 Å². The van der Waals surface area contributed by atoms with E-state index in [0.717, 1.165) is 10.9 Å². The molecule has 1 atom stereocenters. The van der Waals surface area contributed by atoms with Crippen molar-refractivity contribution in [3.63, 3.8) is 0 Å². The number of cyclic esters (lactones) is 2. The van der Waals surface area contributed by atoms with Gasteiger partial charge in [0.1, 0.15) is 0 Å². The van der Waals surface area contributed by atoms with Crippen molar-refractivity contribution < 1.29 is 14.3 Å². The van der Waals surface area contributed by atoms with Crippen LogP contribution in [0.2, 0.25) is 5.02 Å². The summed E-state index contributed by atoms with van der Waals surface area (Å²) < 4.78 is 11.6. The number of fused-ring (bicyclic) bond motifs is 1. The van der Waals surface area contributed by atoms with E-state index in [2.05, 4.69) is 0 Å². The molecule has 1 aromatic heterocycles. The van der Waals surface area contributed by atoms with Crippen LogP contribution in [0.4, 0.5) is 4.79 Å². The molecule has 0 radical (unpaired) electrons. The van der Waals surface area contributed by atoms with E-state index in [9.17, 15) is 4.79 Å². The lowest BCUT2D eigenvalue weighted by atomic mass is 10.2. The molecule has 82 valence electrons. The summed E-state index contributed by atoms with van der Waals surface area (Å²) in [6.45, 7) is 0.231. The Hall–Kier alpha value is -1.68. The highest BCUT2D eigenvalue weighted by Crippen LogP contribution is 2.26. The van der Waals surface area contributed by atoms with E-state index in [4.69, 9.17) is 21.1 Å². The van der Waals surface area contributed by atoms with Crippen molar-refractivity contribution in [2.45, 2.75) is 6.23 Å². The van der Waals surface area contributed by atoms with Crippen molar-refractivity contribution >= 4 is 28.7 Å². The highest BCUT2D eigenvalue weighted by atomic mass is 35.5. The van der Waals surface area contributed by atoms with Crippen molar-refractivity contribution in [1.82, 2.24) is 4.57 Å². The lowest BCUT2D eigenvalue weighted by Crippen LogP contribution is -2.09. The second-order valence-electron chi connectivity index (χ2n) is 3.56. The van der Waals surface area contributed by atoms with Crippen molar-refractivity contribution in [3.8, 4) is 0 Å². The summed E-state index contributed by atoms with van der Waals surface area (Å²) in [4.78, 5) is 10.9. The van der Waals surface area contributed by atoms with Crippen molar-refractivity contribution in [3.05, 3.63) is 35.5 Å². The van der Waals surface area contributed by atoms with Gasteiger partial charge in [0.15, 0.2) is 6.61 Å². The summed E-state index contributed by atoms with van der Waals surface area (Å²) in [6.07, 6.45) is 0.825. The fourth-order valence-corrected chi connectivity index (χ4v) is 2.00. The maximum Gasteiger partial charge on any atom is 0.510 e. The van der Waals surface area contributed by atoms with Crippen molar-refractivity contribution in [1.29, 1.82) is 0 Å². The number of hydrogen-bond donors (Lipinski definition) is 0. The van der Waals surface area contributed by atoms with Gasteiger partial charge in [-0.3, -0.25) is 0 Å². The molecule has 2 heterocycles. The second kappa shape index (κ2) is 3.42. The molecule has 0 N–H and O–H groups in total. The Morgan fingerprint density at radius 3 is 3.00 bits per heavy atom. The van der Waals surface area contributed by atoms with Crippen LogP contribution in [0.15, 0.2) is 30.5 Å². The molecule has 1 aliphatic heterocycles. The van der Waals surface area contributed by atoms with Gasteiger partial charge in [-0.1, -0.05) is 17.7 Å². The topological polar surface area (TPSA) is 40.5 Å². The van der Waals surface area contributed by atoms with Gasteiger partial charge >= 0.3 is 6.16 Å². The fraction of sp³-hybridized carbons (Fsp3) is 0.182. The van der Waals surface area contributed by atoms with Crippen LogP contribution >= 0.6 is 11.6 Å². The number of ether oxygens (including phenoxy) is 2. The van der Waals surface area contributed by atoms with Gasteiger partial charge < -0.3 is 14.0 Å². The number of rotatable bonds is 1. The molecular formula is C11H8ClNO3. The first kappa shape index (κ1) is 9.54. The number of hydrogen-bond acceptors (Lipinski definition) is 3. The van der Waals surface area contributed by atoms with E-state index in [1.165, 1.54) is 0 Å². The zero-order valence-corrected chi connectivity index (χ0v) is 8.98. The summed E-state index contributed by atoms with van der Waals surface area (Å²) in [5.74, 6) is 0. The molecule has 0 saturated carbocycles. The monoisotopic (exact) mass is 237 g/mol. The molecule has 3 rings (SSSR count). The predicted molar refractivity (Wildman–Crippen MR) is 58.4 cm³/mol. The molecule has 0 aliphatic carbocycles. The molecule has 16 heavy (non-hydrogen) atoms. The molecule has 1 unspecified atom stereocenters. The second-order valence-corrected chi connectivity index (χ2v) is 4.00. The molecular weight excluding hydrogens is 230 g/mol. The van der Waals surface area contributed by atoms with E-state index in [1.54, 1.807) is 0 Å². The molecule has 0 amide bonds. The predicted octanol–water partition coefficient (Wildman–Crippen LogP) is 2.96. The lowest BCUT2D eigenvalue weighted by molar-refractivity contribution is 0.0979. The molecule has 2 aromatic rings. The molecule has 4 nitrogen and oxygen atoms in total. The van der Waals surface area contributed by atoms with E-state index < -0.39 is 12.4 Å². The van der Waals surface area contributed by atoms with Crippen LogP contribution in [-0.4, -0.2) is 17.3 Å². The number of carbonyl (C=O) groups is 1. The van der Waals surface area contributed by atoms with Crippen LogP contribution in [0, 0.1) is 0 Å². The van der Waals surface area contributed by atoms with Gasteiger partial charge in [0, 0.05) is 11.2 Å². The van der Waals surface area contributed by atoms with E-state index in [0.29, 0.717) is 5.02 Å². The number of benzene rings is 1. The lowest BCUT2D eigenvalue weighted by Gasteiger charge is -2.10. The summed E-state index contributed by atoms with van der Waals surface area (Å²) in [5, 5.41) is 1.70. The summed E-state index contributed by atoms with van der Waals surface area (Å²) in [7, 11) is 0. The minimum atomic E-state index is -0.631. The zero-order chi connectivity index (χ0) is 11.1. The first-order valence-electron chi connectivity index (χ1n) is 4.83. The largest absolute Gasteiger partial charge is 0.510 e. The van der Waals surface area contributed by atoms with E-state index >= 15 is 0 Å². The standard InChI is InChI=1S/C11H8ClNO3/c12-8-2-1-7-3-4-13(9(7)5-8)10-6-15-11(14)16-10/h1-5,10H,6H2. The quantitative estimate of drug-likeness (QED) is 0.716. The maximum atomic E-state index is 10.9. The molecule has 0 spiro atoms. The van der Waals surface area contributed by atoms with Gasteiger partial charge in [-0.15, -0.1) is 0 Å². The number of aromatic nitrogens is 1. The average molecular weight is 238 g/mol. The third-order valence-corrected chi connectivity index (χ3v) is 2.81. The van der Waals surface area contributed by atoms with Gasteiger partial charge in [-0.2, -0.15) is 0 Å². The van der Waals surface area contributed by atoms with Crippen molar-refractivity contribution in [2.24, 2.45) is 0 Å². The van der Waals surface area contributed by atoms with Crippen LogP contribution in [0.25, 0.3) is 10.9 Å². The molecule has 1 aromatic carbocycles. The van der Waals surface area contributed by atoms with Crippen LogP contribution in [-0.2, 0) is 9.47 Å². The highest BCUT2D eigenvalue weighted by molar-refractivity contribution is 6.31. The minimum absolute atomic E-state index is 0.231. The Morgan fingerprint density at radius 2 is 2.25 bits per heavy atom. The number of nitrogens with zero attached hydrogens (tertiary/aromatic N) is 1. The molecule has 1 fully saturated rings. The SMILES string of the molecule is O=C1OCC(n2ccc3ccc(Cl)cc32)O1. The highest BCUT2D eigenvalue weighted by Gasteiger charge is 2.27. The Kier molecular flexibility index (Phi) is 2.04. The normalized spacial score (nSPS) is 19.8. The van der Waals surface area contributed by atoms with Gasteiger partial charge in [0.2, 0.25) is 6.23 Å². The molecule has 5 heteroatoms. The van der Waals surface area contributed by atoms with E-state index in [1.807, 2.05) is 35.0 Å². The maximum absolute atomic E-state index is 10.9. The molecule has 1 aliphatic rings. The first-order valence-corrected chi connectivity index (χ1v) is 5.21. The van der Waals surface area contributed by atoms with Gasteiger partial charge in [-0.25, -0.2) is 4.79 Å². The summed E-state index contributed by atoms with van der Waals surface area (Å²) >= 11 is 5.93. The third kappa shape index (κ3) is 1.42. The Balaban J connectivity index is 2.09. The first-order chi connectivity index (χ1) is 7.74. The Morgan fingerprint density at radius 1 is 1.38 bits per heavy atom. The molecule has 1 saturated heterocycles. The Bertz CT molecular complexity index is 563. The number of halogens is 1.